The SMILES string of the molecule is CN=C(NCCNC(=O)C(C)(C)C)NCc1ccccc1OC.I. The van der Waals surface area contributed by atoms with Crippen molar-refractivity contribution in [3.05, 3.63) is 29.8 Å². The molecule has 0 aromatic heterocycles. The molecule has 0 heterocycles. The van der Waals surface area contributed by atoms with Crippen LogP contribution in [0, 0.1) is 5.41 Å². The van der Waals surface area contributed by atoms with Crippen molar-refractivity contribution in [2.75, 3.05) is 27.2 Å². The van der Waals surface area contributed by atoms with E-state index in [0.717, 1.165) is 11.3 Å². The fourth-order valence-electron chi connectivity index (χ4n) is 1.87. The highest BCUT2D eigenvalue weighted by molar-refractivity contribution is 14.0. The van der Waals surface area contributed by atoms with E-state index in [2.05, 4.69) is 20.9 Å². The highest BCUT2D eigenvalue weighted by atomic mass is 127. The molecule has 0 aliphatic carbocycles. The maximum absolute atomic E-state index is 11.8. The number of benzene rings is 1. The van der Waals surface area contributed by atoms with E-state index in [1.54, 1.807) is 14.2 Å². The number of carbonyl (C=O) groups excluding carboxylic acids is 1. The van der Waals surface area contributed by atoms with E-state index in [-0.39, 0.29) is 35.3 Å². The lowest BCUT2D eigenvalue weighted by atomic mass is 9.96. The molecule has 0 fully saturated rings. The minimum Gasteiger partial charge on any atom is -0.496 e. The van der Waals surface area contributed by atoms with E-state index in [1.807, 2.05) is 45.0 Å². The number of aliphatic imine (C=N–C) groups is 1. The Bertz CT molecular complexity index is 542. The summed E-state index contributed by atoms with van der Waals surface area (Å²) in [5.41, 5.74) is 0.683. The quantitative estimate of drug-likeness (QED) is 0.270. The Labute approximate surface area is 161 Å². The van der Waals surface area contributed by atoms with Crippen molar-refractivity contribution in [3.63, 3.8) is 0 Å². The van der Waals surface area contributed by atoms with Crippen LogP contribution in [0.1, 0.15) is 26.3 Å². The van der Waals surface area contributed by atoms with Gasteiger partial charge in [0.05, 0.1) is 7.11 Å². The molecular formula is C17H29IN4O2. The average molecular weight is 448 g/mol. The molecule has 1 rings (SSSR count). The molecular weight excluding hydrogens is 419 g/mol. The molecule has 0 aliphatic rings. The summed E-state index contributed by atoms with van der Waals surface area (Å²) in [6.45, 7) is 7.44. The standard InChI is InChI=1S/C17H28N4O2.HI/c1-17(2,3)15(22)19-10-11-20-16(18-4)21-12-13-8-6-7-9-14(13)23-5;/h6-9H,10-12H2,1-5H3,(H,19,22)(H2,18,20,21);1H. The summed E-state index contributed by atoms with van der Waals surface area (Å²) in [4.78, 5) is 15.9. The molecule has 1 aromatic rings. The van der Waals surface area contributed by atoms with Crippen molar-refractivity contribution < 1.29 is 9.53 Å². The van der Waals surface area contributed by atoms with Gasteiger partial charge in [-0.2, -0.15) is 0 Å². The molecule has 7 heteroatoms. The van der Waals surface area contributed by atoms with Crippen LogP contribution in [0.15, 0.2) is 29.3 Å². The van der Waals surface area contributed by atoms with Crippen molar-refractivity contribution in [1.29, 1.82) is 0 Å². The summed E-state index contributed by atoms with van der Waals surface area (Å²) >= 11 is 0. The molecule has 3 N–H and O–H groups in total. The molecule has 1 amide bonds. The van der Waals surface area contributed by atoms with Gasteiger partial charge in [-0.15, -0.1) is 24.0 Å². The van der Waals surface area contributed by atoms with Gasteiger partial charge in [0.25, 0.3) is 0 Å². The highest BCUT2D eigenvalue weighted by Gasteiger charge is 2.20. The van der Waals surface area contributed by atoms with Crippen LogP contribution in [-0.4, -0.2) is 39.1 Å². The van der Waals surface area contributed by atoms with Crippen LogP contribution in [0.3, 0.4) is 0 Å². The number of ether oxygens (including phenoxy) is 1. The number of nitrogens with one attached hydrogen (secondary N) is 3. The minimum absolute atomic E-state index is 0. The third kappa shape index (κ3) is 7.85. The maximum Gasteiger partial charge on any atom is 0.225 e. The summed E-state index contributed by atoms with van der Waals surface area (Å²) in [7, 11) is 3.37. The first-order chi connectivity index (χ1) is 10.9. The Morgan fingerprint density at radius 2 is 1.75 bits per heavy atom. The Kier molecular flexibility index (Phi) is 10.4. The van der Waals surface area contributed by atoms with Crippen molar-refractivity contribution in [2.24, 2.45) is 10.4 Å². The first kappa shape index (κ1) is 22.5. The normalized spacial score (nSPS) is 11.3. The van der Waals surface area contributed by atoms with Gasteiger partial charge in [0.15, 0.2) is 5.96 Å². The van der Waals surface area contributed by atoms with Gasteiger partial charge in [-0.1, -0.05) is 39.0 Å². The molecule has 0 radical (unpaired) electrons. The van der Waals surface area contributed by atoms with Crippen LogP contribution in [0.5, 0.6) is 5.75 Å². The Balaban J connectivity index is 0.00000529. The summed E-state index contributed by atoms with van der Waals surface area (Å²) in [5.74, 6) is 1.56. The number of rotatable bonds is 6. The summed E-state index contributed by atoms with van der Waals surface area (Å²) < 4.78 is 5.32. The number of methoxy groups -OCH3 is 1. The lowest BCUT2D eigenvalue weighted by molar-refractivity contribution is -0.128. The van der Waals surface area contributed by atoms with Gasteiger partial charge in [0.1, 0.15) is 5.75 Å². The number of para-hydroxylation sites is 1. The van der Waals surface area contributed by atoms with Crippen LogP contribution in [0.4, 0.5) is 0 Å². The maximum atomic E-state index is 11.8. The first-order valence-electron chi connectivity index (χ1n) is 7.73. The fourth-order valence-corrected chi connectivity index (χ4v) is 1.87. The second-order valence-electron chi connectivity index (χ2n) is 6.17. The third-order valence-corrected chi connectivity index (χ3v) is 3.25. The zero-order valence-corrected chi connectivity index (χ0v) is 17.4. The van der Waals surface area contributed by atoms with Gasteiger partial charge >= 0.3 is 0 Å². The van der Waals surface area contributed by atoms with Crippen LogP contribution in [-0.2, 0) is 11.3 Å². The van der Waals surface area contributed by atoms with E-state index in [0.29, 0.717) is 25.6 Å². The number of hydrogen-bond acceptors (Lipinski definition) is 3. The number of carbonyl (C=O) groups is 1. The molecule has 6 nitrogen and oxygen atoms in total. The van der Waals surface area contributed by atoms with Gasteiger partial charge < -0.3 is 20.7 Å². The summed E-state index contributed by atoms with van der Waals surface area (Å²) in [5, 5.41) is 9.28. The molecule has 136 valence electrons. The Morgan fingerprint density at radius 1 is 1.12 bits per heavy atom. The molecule has 0 aliphatic heterocycles. The van der Waals surface area contributed by atoms with Gasteiger partial charge in [-0.05, 0) is 6.07 Å². The van der Waals surface area contributed by atoms with Crippen molar-refractivity contribution in [3.8, 4) is 5.75 Å². The zero-order chi connectivity index (χ0) is 17.3. The van der Waals surface area contributed by atoms with Gasteiger partial charge in [-0.25, -0.2) is 0 Å². The Hall–Kier alpha value is -1.51. The largest absolute Gasteiger partial charge is 0.496 e. The molecule has 0 saturated heterocycles. The molecule has 0 saturated carbocycles. The van der Waals surface area contributed by atoms with Crippen LogP contribution in [0.25, 0.3) is 0 Å². The molecule has 0 unspecified atom stereocenters. The molecule has 0 bridgehead atoms. The molecule has 1 aromatic carbocycles. The average Bonchev–Trinajstić information content (AvgIpc) is 2.53. The van der Waals surface area contributed by atoms with E-state index in [1.165, 1.54) is 0 Å². The van der Waals surface area contributed by atoms with Gasteiger partial charge in [0, 0.05) is 37.7 Å². The zero-order valence-electron chi connectivity index (χ0n) is 15.1. The van der Waals surface area contributed by atoms with E-state index in [4.69, 9.17) is 4.74 Å². The minimum atomic E-state index is -0.371. The lowest BCUT2D eigenvalue weighted by Crippen LogP contribution is -2.43. The van der Waals surface area contributed by atoms with Crippen molar-refractivity contribution >= 4 is 35.8 Å². The van der Waals surface area contributed by atoms with Gasteiger partial charge in [0.2, 0.25) is 5.91 Å². The molecule has 24 heavy (non-hydrogen) atoms. The molecule has 0 atom stereocenters. The van der Waals surface area contributed by atoms with E-state index < -0.39 is 0 Å². The van der Waals surface area contributed by atoms with Gasteiger partial charge in [-0.3, -0.25) is 9.79 Å². The number of nitrogens with zero attached hydrogens (tertiary/aromatic N) is 1. The van der Waals surface area contributed by atoms with Crippen LogP contribution in [0.2, 0.25) is 0 Å². The second-order valence-corrected chi connectivity index (χ2v) is 6.17. The predicted octanol–water partition coefficient (Wildman–Crippen LogP) is 2.14. The van der Waals surface area contributed by atoms with E-state index >= 15 is 0 Å². The highest BCUT2D eigenvalue weighted by Crippen LogP contribution is 2.16. The number of amides is 1. The molecule has 0 spiro atoms. The smallest absolute Gasteiger partial charge is 0.225 e. The summed E-state index contributed by atoms with van der Waals surface area (Å²) in [6, 6.07) is 7.84. The fraction of sp³-hybridized carbons (Fsp3) is 0.529. The topological polar surface area (TPSA) is 74.8 Å². The lowest BCUT2D eigenvalue weighted by Gasteiger charge is -2.18. The number of halogens is 1. The van der Waals surface area contributed by atoms with Crippen molar-refractivity contribution in [2.45, 2.75) is 27.3 Å². The first-order valence-corrected chi connectivity index (χ1v) is 7.73. The monoisotopic (exact) mass is 448 g/mol. The Morgan fingerprint density at radius 3 is 2.33 bits per heavy atom. The predicted molar refractivity (Wildman–Crippen MR) is 109 cm³/mol. The number of hydrogen-bond donors (Lipinski definition) is 3. The van der Waals surface area contributed by atoms with Crippen LogP contribution < -0.4 is 20.7 Å². The van der Waals surface area contributed by atoms with Crippen LogP contribution >= 0.6 is 24.0 Å². The van der Waals surface area contributed by atoms with Crippen molar-refractivity contribution in [1.82, 2.24) is 16.0 Å². The second kappa shape index (κ2) is 11.1. The summed E-state index contributed by atoms with van der Waals surface area (Å²) in [6.07, 6.45) is 0. The van der Waals surface area contributed by atoms with E-state index in [9.17, 15) is 4.79 Å². The third-order valence-electron chi connectivity index (χ3n) is 3.25. The number of guanidine groups is 1.